The first-order valence-corrected chi connectivity index (χ1v) is 7.81. The fourth-order valence-electron chi connectivity index (χ4n) is 2.89. The zero-order valence-corrected chi connectivity index (χ0v) is 13.3. The molecule has 0 amide bonds. The second kappa shape index (κ2) is 6.13. The van der Waals surface area contributed by atoms with Crippen LogP contribution in [0.3, 0.4) is 0 Å². The van der Waals surface area contributed by atoms with E-state index in [0.717, 1.165) is 39.2 Å². The number of pyridine rings is 2. The first kappa shape index (κ1) is 14.4. The summed E-state index contributed by atoms with van der Waals surface area (Å²) in [7, 11) is 1.68. The number of fused-ring (bicyclic) bond motifs is 1. The van der Waals surface area contributed by atoms with Gasteiger partial charge in [-0.05, 0) is 35.7 Å². The third kappa shape index (κ3) is 2.50. The minimum atomic E-state index is 0.813. The van der Waals surface area contributed by atoms with Crippen molar-refractivity contribution >= 4 is 10.8 Å². The van der Waals surface area contributed by atoms with Gasteiger partial charge in [-0.2, -0.15) is 0 Å². The van der Waals surface area contributed by atoms with Gasteiger partial charge < -0.3 is 4.74 Å². The van der Waals surface area contributed by atoms with Crippen molar-refractivity contribution in [3.05, 3.63) is 79.0 Å². The fourth-order valence-corrected chi connectivity index (χ4v) is 2.89. The number of ether oxygens (including phenoxy) is 1. The number of nitrogens with zero attached hydrogens (tertiary/aromatic N) is 2. The first-order valence-electron chi connectivity index (χ1n) is 7.81. The predicted molar refractivity (Wildman–Crippen MR) is 97.0 cm³/mol. The molecule has 0 fully saturated rings. The van der Waals surface area contributed by atoms with Gasteiger partial charge in [0.05, 0.1) is 24.2 Å². The third-order valence-electron chi connectivity index (χ3n) is 4.03. The molecule has 4 rings (SSSR count). The average molecular weight is 312 g/mol. The molecule has 0 saturated heterocycles. The smallest absolute Gasteiger partial charge is 0.128 e. The molecule has 0 aliphatic rings. The minimum Gasteiger partial charge on any atom is -0.496 e. The Morgan fingerprint density at radius 1 is 0.792 bits per heavy atom. The third-order valence-corrected chi connectivity index (χ3v) is 4.03. The van der Waals surface area contributed by atoms with Gasteiger partial charge in [-0.25, -0.2) is 4.98 Å². The van der Waals surface area contributed by atoms with Gasteiger partial charge >= 0.3 is 0 Å². The van der Waals surface area contributed by atoms with E-state index in [1.54, 1.807) is 13.3 Å². The SMILES string of the molecule is COc1ccccc1-c1nc(-c2ccccn2)cc2ccccc12. The van der Waals surface area contributed by atoms with Crippen molar-refractivity contribution in [3.8, 4) is 28.4 Å². The topological polar surface area (TPSA) is 35.0 Å². The van der Waals surface area contributed by atoms with Crippen LogP contribution in [0.5, 0.6) is 5.75 Å². The maximum Gasteiger partial charge on any atom is 0.128 e. The summed E-state index contributed by atoms with van der Waals surface area (Å²) in [6.07, 6.45) is 1.79. The summed E-state index contributed by atoms with van der Waals surface area (Å²) in [5.74, 6) is 0.813. The van der Waals surface area contributed by atoms with Gasteiger partial charge in [0.1, 0.15) is 5.75 Å². The second-order valence-corrected chi connectivity index (χ2v) is 5.49. The first-order chi connectivity index (χ1) is 11.9. The summed E-state index contributed by atoms with van der Waals surface area (Å²) in [4.78, 5) is 9.35. The number of hydrogen-bond acceptors (Lipinski definition) is 3. The molecule has 4 aromatic rings. The van der Waals surface area contributed by atoms with Gasteiger partial charge in [0.2, 0.25) is 0 Å². The molecule has 2 aromatic carbocycles. The molecule has 0 atom stereocenters. The van der Waals surface area contributed by atoms with Crippen molar-refractivity contribution < 1.29 is 4.74 Å². The Balaban J connectivity index is 2.03. The molecule has 116 valence electrons. The van der Waals surface area contributed by atoms with Crippen LogP contribution >= 0.6 is 0 Å². The standard InChI is InChI=1S/C21H16N2O/c1-24-20-12-5-4-10-17(20)21-16-9-3-2-8-15(16)14-19(23-21)18-11-6-7-13-22-18/h2-14H,1H3. The van der Waals surface area contributed by atoms with Gasteiger partial charge in [-0.15, -0.1) is 0 Å². The van der Waals surface area contributed by atoms with Crippen LogP contribution in [0.1, 0.15) is 0 Å². The highest BCUT2D eigenvalue weighted by Gasteiger charge is 2.13. The van der Waals surface area contributed by atoms with Crippen molar-refractivity contribution in [3.63, 3.8) is 0 Å². The Morgan fingerprint density at radius 2 is 1.58 bits per heavy atom. The lowest BCUT2D eigenvalue weighted by Gasteiger charge is -2.12. The van der Waals surface area contributed by atoms with Crippen LogP contribution in [0.15, 0.2) is 79.0 Å². The van der Waals surface area contributed by atoms with Crippen molar-refractivity contribution in [2.45, 2.75) is 0 Å². The summed E-state index contributed by atoms with van der Waals surface area (Å²) in [5.41, 5.74) is 3.61. The Kier molecular flexibility index (Phi) is 3.67. The average Bonchev–Trinajstić information content (AvgIpc) is 2.68. The van der Waals surface area contributed by atoms with Gasteiger partial charge in [0.25, 0.3) is 0 Å². The van der Waals surface area contributed by atoms with E-state index < -0.39 is 0 Å². The molecule has 0 N–H and O–H groups in total. The van der Waals surface area contributed by atoms with Crippen LogP contribution in [0, 0.1) is 0 Å². The largest absolute Gasteiger partial charge is 0.496 e. The molecule has 0 radical (unpaired) electrons. The zero-order valence-electron chi connectivity index (χ0n) is 13.3. The molecule has 3 heteroatoms. The molecular formula is C21H16N2O. The molecule has 0 spiro atoms. The summed E-state index contributed by atoms with van der Waals surface area (Å²) in [6, 6.07) is 24.2. The van der Waals surface area contributed by atoms with Crippen LogP contribution in [-0.2, 0) is 0 Å². The zero-order chi connectivity index (χ0) is 16.4. The lowest BCUT2D eigenvalue weighted by Crippen LogP contribution is -1.94. The highest BCUT2D eigenvalue weighted by Crippen LogP contribution is 2.35. The van der Waals surface area contributed by atoms with E-state index in [9.17, 15) is 0 Å². The normalized spacial score (nSPS) is 10.7. The maximum atomic E-state index is 5.54. The molecule has 0 aliphatic carbocycles. The van der Waals surface area contributed by atoms with Crippen molar-refractivity contribution in [2.75, 3.05) is 7.11 Å². The number of para-hydroxylation sites is 1. The van der Waals surface area contributed by atoms with Crippen LogP contribution < -0.4 is 4.74 Å². The summed E-state index contributed by atoms with van der Waals surface area (Å²) in [5, 5.41) is 2.23. The number of rotatable bonds is 3. The van der Waals surface area contributed by atoms with Crippen LogP contribution in [0.2, 0.25) is 0 Å². The summed E-state index contributed by atoms with van der Waals surface area (Å²) in [6.45, 7) is 0. The minimum absolute atomic E-state index is 0.813. The van der Waals surface area contributed by atoms with E-state index in [0.29, 0.717) is 0 Å². The van der Waals surface area contributed by atoms with E-state index in [1.807, 2.05) is 54.6 Å². The molecule has 0 bridgehead atoms. The highest BCUT2D eigenvalue weighted by molar-refractivity contribution is 5.97. The Morgan fingerprint density at radius 3 is 2.42 bits per heavy atom. The lowest BCUT2D eigenvalue weighted by molar-refractivity contribution is 0.416. The maximum absolute atomic E-state index is 5.54. The Bertz CT molecular complexity index is 997. The van der Waals surface area contributed by atoms with Gasteiger partial charge in [-0.3, -0.25) is 4.98 Å². The van der Waals surface area contributed by atoms with Gasteiger partial charge in [0.15, 0.2) is 0 Å². The molecule has 0 unspecified atom stereocenters. The molecule has 2 heterocycles. The van der Waals surface area contributed by atoms with Crippen LogP contribution in [0.4, 0.5) is 0 Å². The Hall–Kier alpha value is -3.20. The van der Waals surface area contributed by atoms with E-state index >= 15 is 0 Å². The summed E-state index contributed by atoms with van der Waals surface area (Å²) >= 11 is 0. The Labute approximate surface area is 140 Å². The van der Waals surface area contributed by atoms with Crippen molar-refractivity contribution in [1.29, 1.82) is 0 Å². The quantitative estimate of drug-likeness (QED) is 0.535. The van der Waals surface area contributed by atoms with Crippen molar-refractivity contribution in [1.82, 2.24) is 9.97 Å². The summed E-state index contributed by atoms with van der Waals surface area (Å²) < 4.78 is 5.54. The molecule has 2 aromatic heterocycles. The molecular weight excluding hydrogens is 296 g/mol. The number of benzene rings is 2. The molecule has 3 nitrogen and oxygen atoms in total. The van der Waals surface area contributed by atoms with Gasteiger partial charge in [-0.1, -0.05) is 42.5 Å². The molecule has 0 aliphatic heterocycles. The van der Waals surface area contributed by atoms with E-state index in [2.05, 4.69) is 23.2 Å². The molecule has 24 heavy (non-hydrogen) atoms. The van der Waals surface area contributed by atoms with Crippen LogP contribution in [-0.4, -0.2) is 17.1 Å². The lowest BCUT2D eigenvalue weighted by atomic mass is 10.0. The number of hydrogen-bond donors (Lipinski definition) is 0. The fraction of sp³-hybridized carbons (Fsp3) is 0.0476. The number of methoxy groups -OCH3 is 1. The van der Waals surface area contributed by atoms with Crippen LogP contribution in [0.25, 0.3) is 33.4 Å². The number of aromatic nitrogens is 2. The highest BCUT2D eigenvalue weighted by atomic mass is 16.5. The molecule has 0 saturated carbocycles. The monoisotopic (exact) mass is 312 g/mol. The van der Waals surface area contributed by atoms with E-state index in [4.69, 9.17) is 9.72 Å². The predicted octanol–water partition coefficient (Wildman–Crippen LogP) is 4.97. The van der Waals surface area contributed by atoms with E-state index in [-0.39, 0.29) is 0 Å². The van der Waals surface area contributed by atoms with E-state index in [1.165, 1.54) is 0 Å². The second-order valence-electron chi connectivity index (χ2n) is 5.49. The van der Waals surface area contributed by atoms with Gasteiger partial charge in [0, 0.05) is 17.1 Å². The van der Waals surface area contributed by atoms with Crippen molar-refractivity contribution in [2.24, 2.45) is 0 Å².